The highest BCUT2D eigenvalue weighted by atomic mass is 35.5. The molecule has 1 atom stereocenters. The normalized spacial score (nSPS) is 12.2. The summed E-state index contributed by atoms with van der Waals surface area (Å²) in [6.45, 7) is 2.16. The molecule has 0 spiro atoms. The predicted molar refractivity (Wildman–Crippen MR) is 84.3 cm³/mol. The van der Waals surface area contributed by atoms with Crippen molar-refractivity contribution in [2.24, 2.45) is 0 Å². The zero-order chi connectivity index (χ0) is 13.7. The number of hydrogen-bond donors (Lipinski definition) is 1. The van der Waals surface area contributed by atoms with Crippen LogP contribution in [0.5, 0.6) is 0 Å². The number of hydrogen-bond acceptors (Lipinski definition) is 1. The summed E-state index contributed by atoms with van der Waals surface area (Å²) in [5.41, 5.74) is 2.30. The van der Waals surface area contributed by atoms with Crippen molar-refractivity contribution in [1.82, 2.24) is 0 Å². The lowest BCUT2D eigenvalue weighted by molar-refractivity contribution is 0.706. The van der Waals surface area contributed by atoms with Gasteiger partial charge < -0.3 is 5.32 Å². The van der Waals surface area contributed by atoms with E-state index in [4.69, 9.17) is 23.2 Å². The minimum atomic E-state index is 0.360. The summed E-state index contributed by atoms with van der Waals surface area (Å²) in [7, 11) is 0. The molecule has 0 aliphatic rings. The van der Waals surface area contributed by atoms with Crippen molar-refractivity contribution >= 4 is 28.9 Å². The maximum atomic E-state index is 6.14. The molecular weight excluding hydrogens is 277 g/mol. The van der Waals surface area contributed by atoms with Crippen LogP contribution < -0.4 is 5.32 Å². The van der Waals surface area contributed by atoms with Gasteiger partial charge in [0, 0.05) is 11.1 Å². The summed E-state index contributed by atoms with van der Waals surface area (Å²) in [6.07, 6.45) is 2.11. The van der Waals surface area contributed by atoms with Crippen molar-refractivity contribution < 1.29 is 0 Å². The summed E-state index contributed by atoms with van der Waals surface area (Å²) in [6, 6.07) is 16.4. The molecule has 1 nitrogen and oxygen atoms in total. The van der Waals surface area contributed by atoms with E-state index in [0.717, 1.165) is 18.5 Å². The van der Waals surface area contributed by atoms with E-state index in [0.29, 0.717) is 16.1 Å². The van der Waals surface area contributed by atoms with E-state index < -0.39 is 0 Å². The van der Waals surface area contributed by atoms with Gasteiger partial charge in [-0.1, -0.05) is 53.5 Å². The molecule has 0 saturated heterocycles. The van der Waals surface area contributed by atoms with Gasteiger partial charge in [-0.25, -0.2) is 0 Å². The molecule has 1 unspecified atom stereocenters. The number of anilines is 1. The molecule has 0 aliphatic heterocycles. The van der Waals surface area contributed by atoms with Gasteiger partial charge in [-0.2, -0.15) is 0 Å². The summed E-state index contributed by atoms with van der Waals surface area (Å²) in [5.74, 6) is 0. The number of nitrogens with one attached hydrogen (secondary N) is 1. The number of rotatable bonds is 5. The topological polar surface area (TPSA) is 12.0 Å². The van der Waals surface area contributed by atoms with Crippen LogP contribution in [0.2, 0.25) is 10.0 Å². The van der Waals surface area contributed by atoms with Crippen molar-refractivity contribution in [1.29, 1.82) is 0 Å². The monoisotopic (exact) mass is 293 g/mol. The van der Waals surface area contributed by atoms with Crippen molar-refractivity contribution in [2.75, 3.05) is 5.32 Å². The first-order valence-electron chi connectivity index (χ1n) is 6.40. The Bertz CT molecular complexity index is 526. The number of halogens is 2. The highest BCUT2D eigenvalue weighted by Crippen LogP contribution is 2.26. The summed E-state index contributed by atoms with van der Waals surface area (Å²) in [4.78, 5) is 0. The molecule has 100 valence electrons. The van der Waals surface area contributed by atoms with Gasteiger partial charge in [0.05, 0.1) is 10.7 Å². The van der Waals surface area contributed by atoms with Crippen LogP contribution in [0.4, 0.5) is 5.69 Å². The van der Waals surface area contributed by atoms with Gasteiger partial charge in [-0.3, -0.25) is 0 Å². The number of benzene rings is 2. The summed E-state index contributed by atoms with van der Waals surface area (Å²) < 4.78 is 0. The minimum Gasteiger partial charge on any atom is -0.381 e. The van der Waals surface area contributed by atoms with E-state index in [1.807, 2.05) is 18.2 Å². The Hall–Kier alpha value is -1.18. The lowest BCUT2D eigenvalue weighted by Gasteiger charge is -2.16. The predicted octanol–water partition coefficient (Wildman–Crippen LogP) is 5.43. The third-order valence-electron chi connectivity index (χ3n) is 3.04. The van der Waals surface area contributed by atoms with E-state index in [1.54, 1.807) is 6.07 Å². The number of aryl methyl sites for hydroxylation is 1. The lowest BCUT2D eigenvalue weighted by Crippen LogP contribution is -2.16. The van der Waals surface area contributed by atoms with Crippen LogP contribution in [0.1, 0.15) is 18.9 Å². The Morgan fingerprint density at radius 1 is 1.05 bits per heavy atom. The molecule has 19 heavy (non-hydrogen) atoms. The maximum Gasteiger partial charge on any atom is 0.0652 e. The molecule has 0 aromatic heterocycles. The fraction of sp³-hybridized carbons (Fsp3) is 0.250. The SMILES string of the molecule is CC(CCc1ccccc1)Nc1ccc(Cl)cc1Cl. The molecule has 1 N–H and O–H groups in total. The van der Waals surface area contributed by atoms with Gasteiger partial charge in [0.1, 0.15) is 0 Å². The lowest BCUT2D eigenvalue weighted by atomic mass is 10.1. The largest absolute Gasteiger partial charge is 0.381 e. The van der Waals surface area contributed by atoms with Gasteiger partial charge in [0.2, 0.25) is 0 Å². The zero-order valence-corrected chi connectivity index (χ0v) is 12.4. The van der Waals surface area contributed by atoms with Crippen molar-refractivity contribution in [3.8, 4) is 0 Å². The first-order chi connectivity index (χ1) is 9.15. The van der Waals surface area contributed by atoms with E-state index in [1.165, 1.54) is 5.56 Å². The Labute approximate surface area is 124 Å². The molecule has 0 aliphatic carbocycles. The Morgan fingerprint density at radius 3 is 2.47 bits per heavy atom. The highest BCUT2D eigenvalue weighted by molar-refractivity contribution is 6.36. The third-order valence-corrected chi connectivity index (χ3v) is 3.59. The third kappa shape index (κ3) is 4.45. The van der Waals surface area contributed by atoms with E-state index >= 15 is 0 Å². The van der Waals surface area contributed by atoms with Crippen LogP contribution in [0, 0.1) is 0 Å². The summed E-state index contributed by atoms with van der Waals surface area (Å²) >= 11 is 12.0. The van der Waals surface area contributed by atoms with Crippen LogP contribution in [0.3, 0.4) is 0 Å². The van der Waals surface area contributed by atoms with E-state index in [2.05, 4.69) is 36.5 Å². The van der Waals surface area contributed by atoms with Crippen LogP contribution >= 0.6 is 23.2 Å². The van der Waals surface area contributed by atoms with Crippen molar-refractivity contribution in [2.45, 2.75) is 25.8 Å². The second-order valence-electron chi connectivity index (χ2n) is 4.69. The molecule has 0 fully saturated rings. The zero-order valence-electron chi connectivity index (χ0n) is 10.9. The molecule has 0 saturated carbocycles. The van der Waals surface area contributed by atoms with Crippen molar-refractivity contribution in [3.63, 3.8) is 0 Å². The molecule has 2 aromatic carbocycles. The van der Waals surface area contributed by atoms with Gasteiger partial charge in [0.15, 0.2) is 0 Å². The summed E-state index contributed by atoms with van der Waals surface area (Å²) in [5, 5.41) is 4.74. The minimum absolute atomic E-state index is 0.360. The van der Waals surface area contributed by atoms with Gasteiger partial charge in [-0.05, 0) is 43.5 Å². The first-order valence-corrected chi connectivity index (χ1v) is 7.16. The van der Waals surface area contributed by atoms with Crippen LogP contribution in [0.15, 0.2) is 48.5 Å². The highest BCUT2D eigenvalue weighted by Gasteiger charge is 2.06. The smallest absolute Gasteiger partial charge is 0.0652 e. The molecule has 2 aromatic rings. The Balaban J connectivity index is 1.89. The van der Waals surface area contributed by atoms with Crippen molar-refractivity contribution in [3.05, 3.63) is 64.1 Å². The van der Waals surface area contributed by atoms with Gasteiger partial charge in [-0.15, -0.1) is 0 Å². The van der Waals surface area contributed by atoms with E-state index in [-0.39, 0.29) is 0 Å². The van der Waals surface area contributed by atoms with Crippen LogP contribution in [-0.4, -0.2) is 6.04 Å². The molecule has 0 radical (unpaired) electrons. The van der Waals surface area contributed by atoms with E-state index in [9.17, 15) is 0 Å². The van der Waals surface area contributed by atoms with Gasteiger partial charge in [0.25, 0.3) is 0 Å². The van der Waals surface area contributed by atoms with Crippen LogP contribution in [0.25, 0.3) is 0 Å². The molecular formula is C16H17Cl2N. The second kappa shape index (κ2) is 6.83. The second-order valence-corrected chi connectivity index (χ2v) is 5.54. The first kappa shape index (κ1) is 14.2. The quantitative estimate of drug-likeness (QED) is 0.775. The Morgan fingerprint density at radius 2 is 1.79 bits per heavy atom. The average Bonchev–Trinajstić information content (AvgIpc) is 2.41. The average molecular weight is 294 g/mol. The van der Waals surface area contributed by atoms with Gasteiger partial charge >= 0.3 is 0 Å². The maximum absolute atomic E-state index is 6.14. The Kier molecular flexibility index (Phi) is 5.12. The molecule has 0 amide bonds. The molecule has 0 bridgehead atoms. The molecule has 2 rings (SSSR count). The molecule has 0 heterocycles. The standard InChI is InChI=1S/C16H17Cl2N/c1-12(7-8-13-5-3-2-4-6-13)19-16-10-9-14(17)11-15(16)18/h2-6,9-12,19H,7-8H2,1H3. The fourth-order valence-corrected chi connectivity index (χ4v) is 2.44. The fourth-order valence-electron chi connectivity index (χ4n) is 1.97. The van der Waals surface area contributed by atoms with Crippen LogP contribution in [-0.2, 0) is 6.42 Å². The molecule has 3 heteroatoms.